The molecule has 0 radical (unpaired) electrons. The van der Waals surface area contributed by atoms with Crippen LogP contribution in [0.25, 0.3) is 0 Å². The average molecular weight is 457 g/mol. The highest BCUT2D eigenvalue weighted by Gasteiger charge is 2.66. The summed E-state index contributed by atoms with van der Waals surface area (Å²) in [5.74, 6) is 4.50. The SMILES string of the molecule is C#C[C@]1(OC(C)=O)CC[C@H]2[C@@H]3CCc4cc(OC(C)=O)ccc4[C@H]3[C@H](OCSC)C[C@@]21C. The third-order valence-electron chi connectivity index (χ3n) is 7.99. The number of ether oxygens (including phenoxy) is 3. The Morgan fingerprint density at radius 1 is 1.25 bits per heavy atom. The number of esters is 2. The van der Waals surface area contributed by atoms with E-state index in [9.17, 15) is 9.59 Å². The van der Waals surface area contributed by atoms with Gasteiger partial charge >= 0.3 is 11.9 Å². The number of thioether (sulfide) groups is 1. The Labute approximate surface area is 194 Å². The normalized spacial score (nSPS) is 35.1. The maximum Gasteiger partial charge on any atom is 0.308 e. The van der Waals surface area contributed by atoms with Gasteiger partial charge in [-0.15, -0.1) is 18.2 Å². The van der Waals surface area contributed by atoms with Crippen LogP contribution in [-0.2, 0) is 25.5 Å². The molecule has 172 valence electrons. The Bertz CT molecular complexity index is 952. The fourth-order valence-corrected chi connectivity index (χ4v) is 7.13. The zero-order chi connectivity index (χ0) is 23.1. The maximum absolute atomic E-state index is 12.0. The minimum absolute atomic E-state index is 0.0197. The van der Waals surface area contributed by atoms with Crippen LogP contribution in [0.5, 0.6) is 5.75 Å². The largest absolute Gasteiger partial charge is 0.445 e. The monoisotopic (exact) mass is 456 g/mol. The lowest BCUT2D eigenvalue weighted by molar-refractivity contribution is -0.173. The van der Waals surface area contributed by atoms with E-state index in [1.54, 1.807) is 11.8 Å². The van der Waals surface area contributed by atoms with Crippen LogP contribution in [0.4, 0.5) is 0 Å². The second-order valence-electron chi connectivity index (χ2n) is 9.63. The molecule has 0 N–H and O–H groups in total. The van der Waals surface area contributed by atoms with Gasteiger partial charge in [0, 0.05) is 25.2 Å². The minimum atomic E-state index is -0.880. The third-order valence-corrected chi connectivity index (χ3v) is 8.36. The fraction of sp³-hybridized carbons (Fsp3) is 0.615. The Morgan fingerprint density at radius 3 is 2.69 bits per heavy atom. The number of benzene rings is 1. The van der Waals surface area contributed by atoms with Gasteiger partial charge in [-0.3, -0.25) is 9.59 Å². The Morgan fingerprint density at radius 2 is 2.03 bits per heavy atom. The van der Waals surface area contributed by atoms with Gasteiger partial charge in [0.2, 0.25) is 0 Å². The summed E-state index contributed by atoms with van der Waals surface area (Å²) in [7, 11) is 0. The molecule has 3 aliphatic carbocycles. The van der Waals surface area contributed by atoms with Gasteiger partial charge in [0.1, 0.15) is 5.75 Å². The molecule has 0 saturated heterocycles. The molecule has 1 aromatic carbocycles. The Hall–Kier alpha value is -1.97. The quantitative estimate of drug-likeness (QED) is 0.277. The summed E-state index contributed by atoms with van der Waals surface area (Å²) in [6, 6.07) is 6.00. The van der Waals surface area contributed by atoms with Crippen molar-refractivity contribution in [2.75, 3.05) is 12.2 Å². The molecule has 6 heteroatoms. The summed E-state index contributed by atoms with van der Waals surface area (Å²) in [6.45, 7) is 5.07. The molecule has 6 atom stereocenters. The Kier molecular flexibility index (Phi) is 6.35. The van der Waals surface area contributed by atoms with Gasteiger partial charge in [0.25, 0.3) is 0 Å². The summed E-state index contributed by atoms with van der Waals surface area (Å²) in [4.78, 5) is 23.4. The molecule has 0 spiro atoms. The lowest BCUT2D eigenvalue weighted by Crippen LogP contribution is -2.56. The highest BCUT2D eigenvalue weighted by atomic mass is 32.2. The number of rotatable bonds is 5. The van der Waals surface area contributed by atoms with Crippen LogP contribution < -0.4 is 4.74 Å². The first-order valence-corrected chi connectivity index (χ1v) is 12.7. The zero-order valence-corrected chi connectivity index (χ0v) is 20.1. The van der Waals surface area contributed by atoms with Gasteiger partial charge in [-0.05, 0) is 73.5 Å². The standard InChI is InChI=1S/C26H32O5S/c1-6-26(31-17(3)28)12-11-22-21-9-7-18-13-19(30-16(2)27)8-10-20(18)24(21)23(29-15-32-5)14-25(22,26)4/h1,8,10,13,21-24H,7,9,11-12,14-15H2,2-5H3/t21-,22-,23+,24+,25-,26-/m0/s1. The predicted octanol–water partition coefficient (Wildman–Crippen LogP) is 4.72. The van der Waals surface area contributed by atoms with Crippen LogP contribution >= 0.6 is 11.8 Å². The molecule has 3 aliphatic rings. The van der Waals surface area contributed by atoms with Crippen molar-refractivity contribution in [3.05, 3.63) is 29.3 Å². The smallest absolute Gasteiger partial charge is 0.308 e. The van der Waals surface area contributed by atoms with Gasteiger partial charge in [0.05, 0.1) is 12.0 Å². The molecule has 4 rings (SSSR count). The van der Waals surface area contributed by atoms with Crippen molar-refractivity contribution in [3.63, 3.8) is 0 Å². The van der Waals surface area contributed by atoms with E-state index >= 15 is 0 Å². The molecular weight excluding hydrogens is 424 g/mol. The second kappa shape index (κ2) is 8.76. The van der Waals surface area contributed by atoms with Crippen molar-refractivity contribution < 1.29 is 23.8 Å². The molecule has 0 aromatic heterocycles. The first-order valence-electron chi connectivity index (χ1n) is 11.3. The van der Waals surface area contributed by atoms with Crippen LogP contribution in [0.3, 0.4) is 0 Å². The second-order valence-corrected chi connectivity index (χ2v) is 10.4. The zero-order valence-electron chi connectivity index (χ0n) is 19.3. The van der Waals surface area contributed by atoms with Gasteiger partial charge in [-0.25, -0.2) is 0 Å². The number of aryl methyl sites for hydroxylation is 1. The molecule has 0 heterocycles. The summed E-state index contributed by atoms with van der Waals surface area (Å²) in [5, 5.41) is 0. The van der Waals surface area contributed by atoms with E-state index in [0.29, 0.717) is 29.9 Å². The molecule has 0 bridgehead atoms. The lowest BCUT2D eigenvalue weighted by Gasteiger charge is -2.55. The molecule has 0 unspecified atom stereocenters. The van der Waals surface area contributed by atoms with Crippen molar-refractivity contribution in [1.82, 2.24) is 0 Å². The third kappa shape index (κ3) is 3.74. The lowest BCUT2D eigenvalue weighted by atomic mass is 9.52. The number of carbonyl (C=O) groups is 2. The molecular formula is C26H32O5S. The number of fused-ring (bicyclic) bond motifs is 5. The van der Waals surface area contributed by atoms with Crippen LogP contribution in [0.2, 0.25) is 0 Å². The maximum atomic E-state index is 12.0. The molecule has 32 heavy (non-hydrogen) atoms. The molecule has 0 aliphatic heterocycles. The molecule has 0 amide bonds. The summed E-state index contributed by atoms with van der Waals surface area (Å²) < 4.78 is 17.7. The van der Waals surface area contributed by atoms with E-state index in [1.807, 2.05) is 18.4 Å². The topological polar surface area (TPSA) is 61.8 Å². The molecule has 2 fully saturated rings. The van der Waals surface area contributed by atoms with Crippen LogP contribution in [0, 0.1) is 29.6 Å². The van der Waals surface area contributed by atoms with Gasteiger partial charge in [-0.2, -0.15) is 0 Å². The summed E-state index contributed by atoms with van der Waals surface area (Å²) >= 11 is 1.66. The first kappa shape index (κ1) is 23.2. The Balaban J connectivity index is 1.74. The van der Waals surface area contributed by atoms with Crippen LogP contribution in [-0.4, -0.2) is 35.8 Å². The summed E-state index contributed by atoms with van der Waals surface area (Å²) in [6.07, 6.45) is 12.4. The van der Waals surface area contributed by atoms with Crippen molar-refractivity contribution >= 4 is 23.7 Å². The minimum Gasteiger partial charge on any atom is -0.445 e. The van der Waals surface area contributed by atoms with E-state index in [-0.39, 0.29) is 29.4 Å². The van der Waals surface area contributed by atoms with Gasteiger partial charge < -0.3 is 14.2 Å². The number of terminal acetylenes is 1. The predicted molar refractivity (Wildman–Crippen MR) is 124 cm³/mol. The fourth-order valence-electron chi connectivity index (χ4n) is 6.82. The van der Waals surface area contributed by atoms with E-state index in [2.05, 4.69) is 18.9 Å². The number of hydrogen-bond acceptors (Lipinski definition) is 6. The van der Waals surface area contributed by atoms with E-state index < -0.39 is 5.60 Å². The molecule has 2 saturated carbocycles. The average Bonchev–Trinajstić information content (AvgIpc) is 3.02. The molecule has 1 aromatic rings. The summed E-state index contributed by atoms with van der Waals surface area (Å²) in [5.41, 5.74) is 1.31. The highest BCUT2D eigenvalue weighted by Crippen LogP contribution is 2.65. The van der Waals surface area contributed by atoms with E-state index in [0.717, 1.165) is 25.7 Å². The van der Waals surface area contributed by atoms with E-state index in [4.69, 9.17) is 20.6 Å². The van der Waals surface area contributed by atoms with Crippen molar-refractivity contribution in [2.45, 2.75) is 70.5 Å². The van der Waals surface area contributed by atoms with Crippen LogP contribution in [0.1, 0.15) is 63.5 Å². The first-order chi connectivity index (χ1) is 15.2. The van der Waals surface area contributed by atoms with Crippen LogP contribution in [0.15, 0.2) is 18.2 Å². The van der Waals surface area contributed by atoms with Crippen molar-refractivity contribution in [2.24, 2.45) is 17.3 Å². The van der Waals surface area contributed by atoms with Crippen molar-refractivity contribution in [1.29, 1.82) is 0 Å². The van der Waals surface area contributed by atoms with E-state index in [1.165, 1.54) is 25.0 Å². The van der Waals surface area contributed by atoms with Crippen molar-refractivity contribution in [3.8, 4) is 18.1 Å². The van der Waals surface area contributed by atoms with Gasteiger partial charge in [0.15, 0.2) is 5.60 Å². The number of hydrogen-bond donors (Lipinski definition) is 0. The highest BCUT2D eigenvalue weighted by molar-refractivity contribution is 7.98. The molecule has 5 nitrogen and oxygen atoms in total. The van der Waals surface area contributed by atoms with Gasteiger partial charge in [-0.1, -0.05) is 18.9 Å². The number of carbonyl (C=O) groups excluding carboxylic acids is 2.